The molecule has 3 heteroatoms. The van der Waals surface area contributed by atoms with E-state index in [9.17, 15) is 5.11 Å². The Bertz CT molecular complexity index is 390. The number of hydrogen-bond donors (Lipinski definition) is 3. The molecule has 0 atom stereocenters. The van der Waals surface area contributed by atoms with E-state index in [1.54, 1.807) is 0 Å². The molecule has 3 nitrogen and oxygen atoms in total. The van der Waals surface area contributed by atoms with Crippen LogP contribution in [0.1, 0.15) is 43.4 Å². The third-order valence-corrected chi connectivity index (χ3v) is 3.50. The van der Waals surface area contributed by atoms with Crippen LogP contribution in [0.5, 0.6) is 5.75 Å². The molecule has 0 unspecified atom stereocenters. The first-order valence-corrected chi connectivity index (χ1v) is 6.96. The quantitative estimate of drug-likeness (QED) is 0.710. The second-order valence-electron chi connectivity index (χ2n) is 6.17. The predicted molar refractivity (Wildman–Crippen MR) is 79.4 cm³/mol. The van der Waals surface area contributed by atoms with Crippen molar-refractivity contribution >= 4 is 0 Å². The van der Waals surface area contributed by atoms with E-state index in [-0.39, 0.29) is 12.0 Å². The summed E-state index contributed by atoms with van der Waals surface area (Å²) >= 11 is 0. The molecule has 0 aliphatic heterocycles. The van der Waals surface area contributed by atoms with Gasteiger partial charge in [-0.1, -0.05) is 26.0 Å². The van der Waals surface area contributed by atoms with E-state index in [4.69, 9.17) is 5.11 Å². The number of aryl methyl sites for hydroxylation is 2. The van der Waals surface area contributed by atoms with Crippen molar-refractivity contribution in [2.24, 2.45) is 5.41 Å². The van der Waals surface area contributed by atoms with Crippen LogP contribution in [0.2, 0.25) is 0 Å². The molecule has 0 aromatic heterocycles. The molecule has 0 spiro atoms. The minimum absolute atomic E-state index is 0.198. The summed E-state index contributed by atoms with van der Waals surface area (Å²) in [6.07, 6.45) is 1.87. The van der Waals surface area contributed by atoms with Crippen molar-refractivity contribution in [3.05, 3.63) is 28.8 Å². The van der Waals surface area contributed by atoms with Crippen LogP contribution < -0.4 is 5.32 Å². The van der Waals surface area contributed by atoms with Crippen molar-refractivity contribution in [2.75, 3.05) is 13.2 Å². The van der Waals surface area contributed by atoms with Crippen molar-refractivity contribution in [3.8, 4) is 5.75 Å². The molecular weight excluding hydrogens is 238 g/mol. The third-order valence-electron chi connectivity index (χ3n) is 3.50. The number of hydrogen-bond acceptors (Lipinski definition) is 3. The maximum absolute atomic E-state index is 9.74. The highest BCUT2D eigenvalue weighted by atomic mass is 16.3. The van der Waals surface area contributed by atoms with Crippen molar-refractivity contribution in [2.45, 2.75) is 47.1 Å². The fourth-order valence-electron chi connectivity index (χ4n) is 2.34. The minimum atomic E-state index is 0.198. The SMILES string of the molecule is Cc1cc(CNCC(C)(C)CCCO)cc(C)c1O. The van der Waals surface area contributed by atoms with Crippen LogP contribution in [0.25, 0.3) is 0 Å². The molecule has 0 aliphatic rings. The van der Waals surface area contributed by atoms with Gasteiger partial charge in [0.2, 0.25) is 0 Å². The van der Waals surface area contributed by atoms with E-state index < -0.39 is 0 Å². The number of rotatable bonds is 7. The summed E-state index contributed by atoms with van der Waals surface area (Å²) < 4.78 is 0. The van der Waals surface area contributed by atoms with E-state index >= 15 is 0 Å². The van der Waals surface area contributed by atoms with Crippen molar-refractivity contribution in [1.29, 1.82) is 0 Å². The molecule has 0 amide bonds. The average Bonchev–Trinajstić information content (AvgIpc) is 2.33. The summed E-state index contributed by atoms with van der Waals surface area (Å²) in [7, 11) is 0. The molecule has 0 fully saturated rings. The van der Waals surface area contributed by atoms with Crippen LogP contribution in [-0.2, 0) is 6.54 Å². The van der Waals surface area contributed by atoms with Gasteiger partial charge < -0.3 is 15.5 Å². The number of benzene rings is 1. The molecular formula is C16H27NO2. The number of aromatic hydroxyl groups is 1. The van der Waals surface area contributed by atoms with Gasteiger partial charge in [0.25, 0.3) is 0 Å². The minimum Gasteiger partial charge on any atom is -0.507 e. The van der Waals surface area contributed by atoms with Gasteiger partial charge in [0.15, 0.2) is 0 Å². The van der Waals surface area contributed by atoms with E-state index in [0.29, 0.717) is 5.75 Å². The number of phenolic OH excluding ortho intramolecular Hbond substituents is 1. The maximum Gasteiger partial charge on any atom is 0.121 e. The van der Waals surface area contributed by atoms with Crippen LogP contribution in [-0.4, -0.2) is 23.4 Å². The monoisotopic (exact) mass is 265 g/mol. The average molecular weight is 265 g/mol. The zero-order valence-corrected chi connectivity index (χ0v) is 12.6. The van der Waals surface area contributed by atoms with Gasteiger partial charge in [0.05, 0.1) is 0 Å². The van der Waals surface area contributed by atoms with Crippen LogP contribution >= 0.6 is 0 Å². The van der Waals surface area contributed by atoms with Gasteiger partial charge in [-0.05, 0) is 48.8 Å². The van der Waals surface area contributed by atoms with Crippen LogP contribution in [0.4, 0.5) is 0 Å². The van der Waals surface area contributed by atoms with Crippen LogP contribution in [0.15, 0.2) is 12.1 Å². The molecule has 0 heterocycles. The van der Waals surface area contributed by atoms with Gasteiger partial charge in [-0.3, -0.25) is 0 Å². The molecule has 0 aliphatic carbocycles. The van der Waals surface area contributed by atoms with Gasteiger partial charge in [-0.15, -0.1) is 0 Å². The normalized spacial score (nSPS) is 11.8. The lowest BCUT2D eigenvalue weighted by molar-refractivity contribution is 0.236. The van der Waals surface area contributed by atoms with Crippen molar-refractivity contribution < 1.29 is 10.2 Å². The van der Waals surface area contributed by atoms with E-state index in [2.05, 4.69) is 19.2 Å². The lowest BCUT2D eigenvalue weighted by atomic mass is 9.88. The molecule has 0 bridgehead atoms. The molecule has 0 saturated carbocycles. The van der Waals surface area contributed by atoms with Crippen molar-refractivity contribution in [3.63, 3.8) is 0 Å². The molecule has 0 radical (unpaired) electrons. The number of nitrogens with one attached hydrogen (secondary N) is 1. The van der Waals surface area contributed by atoms with Gasteiger partial charge in [-0.2, -0.15) is 0 Å². The Kier molecular flexibility index (Phi) is 5.83. The largest absolute Gasteiger partial charge is 0.507 e. The molecule has 19 heavy (non-hydrogen) atoms. The number of aliphatic hydroxyl groups excluding tert-OH is 1. The lowest BCUT2D eigenvalue weighted by Gasteiger charge is -2.25. The topological polar surface area (TPSA) is 52.5 Å². The smallest absolute Gasteiger partial charge is 0.121 e. The molecule has 1 aromatic rings. The summed E-state index contributed by atoms with van der Waals surface area (Å²) in [4.78, 5) is 0. The van der Waals surface area contributed by atoms with Crippen LogP contribution in [0.3, 0.4) is 0 Å². The second kappa shape index (κ2) is 6.92. The Morgan fingerprint density at radius 3 is 2.26 bits per heavy atom. The lowest BCUT2D eigenvalue weighted by Crippen LogP contribution is -2.29. The molecule has 108 valence electrons. The highest BCUT2D eigenvalue weighted by Gasteiger charge is 2.16. The molecule has 1 rings (SSSR count). The molecule has 3 N–H and O–H groups in total. The number of aliphatic hydroxyl groups is 1. The van der Waals surface area contributed by atoms with Crippen LogP contribution in [0, 0.1) is 19.3 Å². The summed E-state index contributed by atoms with van der Waals surface area (Å²) in [6.45, 7) is 10.3. The van der Waals surface area contributed by atoms with Gasteiger partial charge in [0.1, 0.15) is 5.75 Å². The Hall–Kier alpha value is -1.06. The highest BCUT2D eigenvalue weighted by molar-refractivity contribution is 5.42. The Labute approximate surface area is 116 Å². The standard InChI is InChI=1S/C16H27NO2/c1-12-8-14(9-13(2)15(12)19)10-17-11-16(3,4)6-5-7-18/h8-9,17-19H,5-7,10-11H2,1-4H3. The Morgan fingerprint density at radius 2 is 1.74 bits per heavy atom. The highest BCUT2D eigenvalue weighted by Crippen LogP contribution is 2.24. The first-order valence-electron chi connectivity index (χ1n) is 6.96. The summed E-state index contributed by atoms with van der Waals surface area (Å²) in [5, 5.41) is 22.1. The third kappa shape index (κ3) is 5.21. The predicted octanol–water partition coefficient (Wildman–Crippen LogP) is 2.90. The molecule has 0 saturated heterocycles. The zero-order valence-electron chi connectivity index (χ0n) is 12.6. The maximum atomic E-state index is 9.74. The number of phenols is 1. The second-order valence-corrected chi connectivity index (χ2v) is 6.17. The van der Waals surface area contributed by atoms with Crippen molar-refractivity contribution in [1.82, 2.24) is 5.32 Å². The van der Waals surface area contributed by atoms with E-state index in [1.807, 2.05) is 26.0 Å². The van der Waals surface area contributed by atoms with E-state index in [0.717, 1.165) is 37.1 Å². The van der Waals surface area contributed by atoms with E-state index in [1.165, 1.54) is 5.56 Å². The zero-order chi connectivity index (χ0) is 14.5. The van der Waals surface area contributed by atoms with Gasteiger partial charge in [0, 0.05) is 19.7 Å². The first-order chi connectivity index (χ1) is 8.85. The Morgan fingerprint density at radius 1 is 1.16 bits per heavy atom. The van der Waals surface area contributed by atoms with Gasteiger partial charge >= 0.3 is 0 Å². The summed E-state index contributed by atoms with van der Waals surface area (Å²) in [5.74, 6) is 0.395. The first kappa shape index (κ1) is 16.0. The fraction of sp³-hybridized carbons (Fsp3) is 0.625. The van der Waals surface area contributed by atoms with Gasteiger partial charge in [-0.25, -0.2) is 0 Å². The fourth-order valence-corrected chi connectivity index (χ4v) is 2.34. The summed E-state index contributed by atoms with van der Waals surface area (Å²) in [6, 6.07) is 4.05. The molecule has 1 aromatic carbocycles. The Balaban J connectivity index is 2.49. The summed E-state index contributed by atoms with van der Waals surface area (Å²) in [5.41, 5.74) is 3.25.